The molecule has 0 unspecified atom stereocenters. The van der Waals surface area contributed by atoms with Gasteiger partial charge >= 0.3 is 0 Å². The highest BCUT2D eigenvalue weighted by molar-refractivity contribution is 5.47. The molecule has 0 spiro atoms. The molecule has 0 atom stereocenters. The van der Waals surface area contributed by atoms with Gasteiger partial charge in [-0.2, -0.15) is 0 Å². The monoisotopic (exact) mass is 291 g/mol. The lowest BCUT2D eigenvalue weighted by atomic mass is 9.96. The Morgan fingerprint density at radius 2 is 1.71 bits per heavy atom. The maximum absolute atomic E-state index is 4.60. The lowest BCUT2D eigenvalue weighted by Crippen LogP contribution is -2.47. The third kappa shape index (κ3) is 3.84. The Kier molecular flexibility index (Phi) is 5.39. The summed E-state index contributed by atoms with van der Waals surface area (Å²) < 4.78 is 0. The fraction of sp³-hybridized carbons (Fsp3) is 0.750. The Balaban J connectivity index is 2.09. The second kappa shape index (κ2) is 7.07. The van der Waals surface area contributed by atoms with Crippen LogP contribution in [0.2, 0.25) is 0 Å². The molecule has 5 heteroatoms. The third-order valence-corrected chi connectivity index (χ3v) is 4.53. The van der Waals surface area contributed by atoms with Crippen LogP contribution in [-0.2, 0) is 6.42 Å². The molecule has 0 amide bonds. The molecule has 1 aromatic heterocycles. The van der Waals surface area contributed by atoms with Crippen molar-refractivity contribution >= 4 is 11.6 Å². The molecule has 21 heavy (non-hydrogen) atoms. The highest BCUT2D eigenvalue weighted by atomic mass is 15.2. The number of hydrogen-bond donors (Lipinski definition) is 2. The molecular weight excluding hydrogens is 262 g/mol. The van der Waals surface area contributed by atoms with Gasteiger partial charge in [-0.05, 0) is 33.9 Å². The summed E-state index contributed by atoms with van der Waals surface area (Å²) in [4.78, 5) is 11.5. The van der Waals surface area contributed by atoms with E-state index < -0.39 is 0 Å². The molecule has 1 fully saturated rings. The highest BCUT2D eigenvalue weighted by Gasteiger charge is 2.35. The van der Waals surface area contributed by atoms with E-state index >= 15 is 0 Å². The van der Waals surface area contributed by atoms with Crippen molar-refractivity contribution in [1.82, 2.24) is 14.9 Å². The molecule has 1 aromatic rings. The average Bonchev–Trinajstić information content (AvgIpc) is 2.95. The van der Waals surface area contributed by atoms with E-state index in [-0.39, 0.29) is 5.54 Å². The minimum absolute atomic E-state index is 0.273. The van der Waals surface area contributed by atoms with Gasteiger partial charge in [0.25, 0.3) is 0 Å². The first-order chi connectivity index (χ1) is 10.1. The fourth-order valence-corrected chi connectivity index (χ4v) is 3.09. The summed E-state index contributed by atoms with van der Waals surface area (Å²) in [6, 6.07) is 2.01. The van der Waals surface area contributed by atoms with E-state index in [1.807, 2.05) is 6.07 Å². The van der Waals surface area contributed by atoms with Crippen molar-refractivity contribution < 1.29 is 0 Å². The minimum atomic E-state index is 0.273. The Morgan fingerprint density at radius 1 is 1.10 bits per heavy atom. The number of rotatable bonds is 7. The van der Waals surface area contributed by atoms with E-state index in [9.17, 15) is 0 Å². The minimum Gasteiger partial charge on any atom is -0.370 e. The molecular formula is C16H29N5. The third-order valence-electron chi connectivity index (χ3n) is 4.53. The largest absolute Gasteiger partial charge is 0.370 e. The van der Waals surface area contributed by atoms with Crippen LogP contribution in [0.3, 0.4) is 0 Å². The Labute approximate surface area is 128 Å². The van der Waals surface area contributed by atoms with Crippen LogP contribution in [0, 0.1) is 0 Å². The topological polar surface area (TPSA) is 53.1 Å². The standard InChI is InChI=1S/C16H29N5/c1-5-13-19-14(17-6-2)11-15(20-13)18-12-16(21(3)4)9-7-8-10-16/h11H,5-10,12H2,1-4H3,(H2,17,18,19,20). The normalized spacial score (nSPS) is 17.2. The van der Waals surface area contributed by atoms with Crippen LogP contribution < -0.4 is 10.6 Å². The van der Waals surface area contributed by atoms with Gasteiger partial charge in [0.05, 0.1) is 0 Å². The van der Waals surface area contributed by atoms with Crippen molar-refractivity contribution in [3.05, 3.63) is 11.9 Å². The van der Waals surface area contributed by atoms with Gasteiger partial charge in [-0.25, -0.2) is 9.97 Å². The fourth-order valence-electron chi connectivity index (χ4n) is 3.09. The molecule has 2 rings (SSSR count). The first-order valence-corrected chi connectivity index (χ1v) is 8.13. The highest BCUT2D eigenvalue weighted by Crippen LogP contribution is 2.33. The van der Waals surface area contributed by atoms with Crippen LogP contribution in [0.15, 0.2) is 6.07 Å². The number of aromatic nitrogens is 2. The molecule has 5 nitrogen and oxygen atoms in total. The summed E-state index contributed by atoms with van der Waals surface area (Å²) in [7, 11) is 4.38. The van der Waals surface area contributed by atoms with Gasteiger partial charge in [-0.1, -0.05) is 19.8 Å². The van der Waals surface area contributed by atoms with Crippen LogP contribution in [0.1, 0.15) is 45.4 Å². The lowest BCUT2D eigenvalue weighted by Gasteiger charge is -2.36. The molecule has 1 aliphatic carbocycles. The zero-order chi connectivity index (χ0) is 15.3. The number of aryl methyl sites for hydroxylation is 1. The lowest BCUT2D eigenvalue weighted by molar-refractivity contribution is 0.172. The van der Waals surface area contributed by atoms with Gasteiger partial charge in [0, 0.05) is 31.1 Å². The molecule has 2 N–H and O–H groups in total. The van der Waals surface area contributed by atoms with E-state index in [4.69, 9.17) is 0 Å². The number of nitrogens with zero attached hydrogens (tertiary/aromatic N) is 3. The van der Waals surface area contributed by atoms with Crippen molar-refractivity contribution in [2.45, 2.75) is 51.5 Å². The summed E-state index contributed by atoms with van der Waals surface area (Å²) in [5, 5.41) is 6.83. The van der Waals surface area contributed by atoms with E-state index in [1.165, 1.54) is 25.7 Å². The SMILES string of the molecule is CCNc1cc(NCC2(N(C)C)CCCC2)nc(CC)n1. The van der Waals surface area contributed by atoms with Gasteiger partial charge in [0.2, 0.25) is 0 Å². The van der Waals surface area contributed by atoms with E-state index in [0.717, 1.165) is 37.0 Å². The summed E-state index contributed by atoms with van der Waals surface area (Å²) in [6.45, 7) is 6.00. The van der Waals surface area contributed by atoms with Crippen molar-refractivity contribution in [2.75, 3.05) is 37.8 Å². The summed E-state index contributed by atoms with van der Waals surface area (Å²) in [5.41, 5.74) is 0.273. The molecule has 0 radical (unpaired) electrons. The molecule has 1 saturated carbocycles. The quantitative estimate of drug-likeness (QED) is 0.809. The first kappa shape index (κ1) is 16.0. The smallest absolute Gasteiger partial charge is 0.132 e. The van der Waals surface area contributed by atoms with Gasteiger partial charge in [-0.3, -0.25) is 0 Å². The Bertz CT molecular complexity index is 452. The summed E-state index contributed by atoms with van der Waals surface area (Å²) >= 11 is 0. The van der Waals surface area contributed by atoms with Crippen molar-refractivity contribution in [3.63, 3.8) is 0 Å². The Hall–Kier alpha value is -1.36. The Morgan fingerprint density at radius 3 is 2.24 bits per heavy atom. The van der Waals surface area contributed by atoms with Gasteiger partial charge in [0.15, 0.2) is 0 Å². The zero-order valence-electron chi connectivity index (χ0n) is 13.9. The van der Waals surface area contributed by atoms with Crippen LogP contribution in [0.4, 0.5) is 11.6 Å². The zero-order valence-corrected chi connectivity index (χ0v) is 13.9. The predicted molar refractivity (Wildman–Crippen MR) is 88.9 cm³/mol. The summed E-state index contributed by atoms with van der Waals surface area (Å²) in [5.74, 6) is 2.74. The van der Waals surface area contributed by atoms with Crippen LogP contribution in [-0.4, -0.2) is 47.6 Å². The molecule has 118 valence electrons. The van der Waals surface area contributed by atoms with Crippen LogP contribution >= 0.6 is 0 Å². The predicted octanol–water partition coefficient (Wildman–Crippen LogP) is 2.76. The maximum atomic E-state index is 4.60. The van der Waals surface area contributed by atoms with Crippen molar-refractivity contribution in [1.29, 1.82) is 0 Å². The first-order valence-electron chi connectivity index (χ1n) is 8.13. The number of likely N-dealkylation sites (N-methyl/N-ethyl adjacent to an activating group) is 1. The van der Waals surface area contributed by atoms with E-state index in [0.29, 0.717) is 0 Å². The van der Waals surface area contributed by atoms with E-state index in [1.54, 1.807) is 0 Å². The number of anilines is 2. The van der Waals surface area contributed by atoms with Crippen molar-refractivity contribution in [2.24, 2.45) is 0 Å². The average molecular weight is 291 g/mol. The van der Waals surface area contributed by atoms with Crippen LogP contribution in [0.25, 0.3) is 0 Å². The molecule has 0 aromatic carbocycles. The molecule has 1 aliphatic rings. The van der Waals surface area contributed by atoms with Crippen LogP contribution in [0.5, 0.6) is 0 Å². The van der Waals surface area contributed by atoms with E-state index in [2.05, 4.69) is 53.4 Å². The van der Waals surface area contributed by atoms with Gasteiger partial charge < -0.3 is 15.5 Å². The maximum Gasteiger partial charge on any atom is 0.132 e. The molecule has 0 bridgehead atoms. The van der Waals surface area contributed by atoms with Gasteiger partial charge in [0.1, 0.15) is 17.5 Å². The van der Waals surface area contributed by atoms with Crippen molar-refractivity contribution in [3.8, 4) is 0 Å². The molecule has 0 aliphatic heterocycles. The number of nitrogens with one attached hydrogen (secondary N) is 2. The second-order valence-electron chi connectivity index (χ2n) is 6.12. The molecule has 0 saturated heterocycles. The van der Waals surface area contributed by atoms with Gasteiger partial charge in [-0.15, -0.1) is 0 Å². The molecule has 1 heterocycles. The number of hydrogen-bond acceptors (Lipinski definition) is 5. The second-order valence-corrected chi connectivity index (χ2v) is 6.12. The summed E-state index contributed by atoms with van der Waals surface area (Å²) in [6.07, 6.45) is 6.03.